The molecule has 0 heterocycles. The van der Waals surface area contributed by atoms with Gasteiger partial charge in [-0.3, -0.25) is 10.1 Å². The van der Waals surface area contributed by atoms with Gasteiger partial charge in [-0.25, -0.2) is 4.79 Å². The van der Waals surface area contributed by atoms with Gasteiger partial charge in [-0.15, -0.1) is 0 Å². The average molecular weight is 282 g/mol. The first-order valence-corrected chi connectivity index (χ1v) is 6.27. The lowest BCUT2D eigenvalue weighted by molar-refractivity contribution is -0.384. The van der Waals surface area contributed by atoms with E-state index in [1.165, 1.54) is 12.1 Å². The molecule has 0 aliphatic heterocycles. The van der Waals surface area contributed by atoms with Crippen LogP contribution in [0.4, 0.5) is 11.4 Å². The molecule has 0 radical (unpaired) electrons. The van der Waals surface area contributed by atoms with Gasteiger partial charge in [0.15, 0.2) is 0 Å². The summed E-state index contributed by atoms with van der Waals surface area (Å²) in [6.07, 6.45) is 0.494. The van der Waals surface area contributed by atoms with E-state index in [2.05, 4.69) is 0 Å². The Morgan fingerprint density at radius 3 is 2.55 bits per heavy atom. The molecule has 1 aromatic carbocycles. The minimum atomic E-state index is -1.21. The molecule has 0 aliphatic rings. The molecule has 0 saturated carbocycles. The third-order valence-corrected chi connectivity index (χ3v) is 2.91. The van der Waals surface area contributed by atoms with E-state index in [1.54, 1.807) is 0 Å². The highest BCUT2D eigenvalue weighted by Gasteiger charge is 2.21. The number of aliphatic hydroxyl groups is 1. The van der Waals surface area contributed by atoms with Crippen molar-refractivity contribution in [2.75, 3.05) is 18.1 Å². The number of carboxylic acid groups (broad SMARTS) is 1. The van der Waals surface area contributed by atoms with Crippen molar-refractivity contribution < 1.29 is 19.9 Å². The third kappa shape index (κ3) is 3.67. The predicted molar refractivity (Wildman–Crippen MR) is 74.2 cm³/mol. The number of rotatable bonds is 7. The van der Waals surface area contributed by atoms with E-state index in [4.69, 9.17) is 5.11 Å². The van der Waals surface area contributed by atoms with Crippen molar-refractivity contribution in [2.45, 2.75) is 26.3 Å². The van der Waals surface area contributed by atoms with E-state index in [0.717, 1.165) is 6.07 Å². The molecule has 0 unspecified atom stereocenters. The highest BCUT2D eigenvalue weighted by atomic mass is 16.6. The van der Waals surface area contributed by atoms with Crippen LogP contribution in [-0.2, 0) is 0 Å². The first-order valence-electron chi connectivity index (χ1n) is 6.27. The number of carboxylic acids is 1. The number of nitrogens with zero attached hydrogens (tertiary/aromatic N) is 2. The van der Waals surface area contributed by atoms with Crippen LogP contribution in [0, 0.1) is 10.1 Å². The van der Waals surface area contributed by atoms with Crippen LogP contribution in [0.3, 0.4) is 0 Å². The van der Waals surface area contributed by atoms with Gasteiger partial charge < -0.3 is 15.1 Å². The number of anilines is 1. The predicted octanol–water partition coefficient (Wildman–Crippen LogP) is 1.89. The van der Waals surface area contributed by atoms with Crippen molar-refractivity contribution in [3.05, 3.63) is 33.9 Å². The fourth-order valence-electron chi connectivity index (χ4n) is 1.96. The Bertz CT molecular complexity index is 502. The first kappa shape index (κ1) is 15.9. The lowest BCUT2D eigenvalue weighted by Gasteiger charge is -2.30. The minimum absolute atomic E-state index is 0.00138. The molecule has 0 saturated heterocycles. The monoisotopic (exact) mass is 282 g/mol. The molecule has 0 atom stereocenters. The first-order chi connectivity index (χ1) is 9.38. The van der Waals surface area contributed by atoms with Crippen LogP contribution in [-0.4, -0.2) is 40.3 Å². The Labute approximate surface area is 116 Å². The topological polar surface area (TPSA) is 104 Å². The highest BCUT2D eigenvalue weighted by Crippen LogP contribution is 2.27. The van der Waals surface area contributed by atoms with Crippen LogP contribution in [0.25, 0.3) is 0 Å². The van der Waals surface area contributed by atoms with E-state index < -0.39 is 10.9 Å². The van der Waals surface area contributed by atoms with Crippen molar-refractivity contribution in [1.29, 1.82) is 0 Å². The number of hydrogen-bond acceptors (Lipinski definition) is 5. The van der Waals surface area contributed by atoms with E-state index in [-0.39, 0.29) is 23.9 Å². The van der Waals surface area contributed by atoms with E-state index in [0.29, 0.717) is 18.7 Å². The molecule has 0 aromatic heterocycles. The maximum Gasteiger partial charge on any atom is 0.338 e. The van der Waals surface area contributed by atoms with Crippen molar-refractivity contribution in [3.8, 4) is 0 Å². The fraction of sp³-hybridized carbons (Fsp3) is 0.462. The van der Waals surface area contributed by atoms with Crippen LogP contribution in [0.1, 0.15) is 30.6 Å². The lowest BCUT2D eigenvalue weighted by Crippen LogP contribution is -2.33. The molecule has 20 heavy (non-hydrogen) atoms. The Morgan fingerprint density at radius 1 is 1.45 bits per heavy atom. The largest absolute Gasteiger partial charge is 0.478 e. The zero-order chi connectivity index (χ0) is 15.3. The van der Waals surface area contributed by atoms with Crippen LogP contribution in [0.15, 0.2) is 18.2 Å². The molecule has 110 valence electrons. The summed E-state index contributed by atoms with van der Waals surface area (Å²) in [6.45, 7) is 4.26. The Hall–Kier alpha value is -2.15. The van der Waals surface area contributed by atoms with Gasteiger partial charge >= 0.3 is 5.97 Å². The summed E-state index contributed by atoms with van der Waals surface area (Å²) in [6, 6.07) is 3.81. The number of hydrogen-bond donors (Lipinski definition) is 2. The zero-order valence-electron chi connectivity index (χ0n) is 11.4. The van der Waals surface area contributed by atoms with Crippen molar-refractivity contribution in [1.82, 2.24) is 0 Å². The highest BCUT2D eigenvalue weighted by molar-refractivity contribution is 5.95. The summed E-state index contributed by atoms with van der Waals surface area (Å²) >= 11 is 0. The number of aliphatic hydroxyl groups excluding tert-OH is 1. The van der Waals surface area contributed by atoms with Crippen molar-refractivity contribution in [2.24, 2.45) is 0 Å². The van der Waals surface area contributed by atoms with Gasteiger partial charge in [-0.2, -0.15) is 0 Å². The average Bonchev–Trinajstić information content (AvgIpc) is 2.38. The molecule has 0 bridgehead atoms. The summed E-state index contributed by atoms with van der Waals surface area (Å²) in [5, 5.41) is 28.9. The SMILES string of the molecule is CC(C)N(CCCO)c1ccc([N+](=O)[O-])cc1C(=O)O. The molecule has 0 amide bonds. The molecule has 2 N–H and O–H groups in total. The summed E-state index contributed by atoms with van der Waals surface area (Å²) in [7, 11) is 0. The summed E-state index contributed by atoms with van der Waals surface area (Å²) in [4.78, 5) is 23.2. The Morgan fingerprint density at radius 2 is 2.10 bits per heavy atom. The number of nitro benzene ring substituents is 1. The lowest BCUT2D eigenvalue weighted by atomic mass is 10.1. The van der Waals surface area contributed by atoms with Gasteiger partial charge in [-0.1, -0.05) is 0 Å². The number of non-ortho nitro benzene ring substituents is 1. The van der Waals surface area contributed by atoms with Crippen molar-refractivity contribution in [3.63, 3.8) is 0 Å². The van der Waals surface area contributed by atoms with E-state index >= 15 is 0 Å². The molecule has 7 heteroatoms. The van der Waals surface area contributed by atoms with E-state index in [9.17, 15) is 20.0 Å². The number of carbonyl (C=O) groups is 1. The van der Waals surface area contributed by atoms with E-state index in [1.807, 2.05) is 18.7 Å². The van der Waals surface area contributed by atoms with Crippen LogP contribution in [0.2, 0.25) is 0 Å². The molecular formula is C13H18N2O5. The quantitative estimate of drug-likeness (QED) is 0.584. The van der Waals surface area contributed by atoms with Gasteiger partial charge in [0.2, 0.25) is 0 Å². The van der Waals surface area contributed by atoms with Crippen LogP contribution in [0.5, 0.6) is 0 Å². The maximum atomic E-state index is 11.3. The van der Waals surface area contributed by atoms with Gasteiger partial charge in [0.1, 0.15) is 0 Å². The normalized spacial score (nSPS) is 10.6. The molecule has 0 spiro atoms. The smallest absolute Gasteiger partial charge is 0.338 e. The summed E-state index contributed by atoms with van der Waals surface area (Å²) in [5.41, 5.74) is 0.0643. The fourth-order valence-corrected chi connectivity index (χ4v) is 1.96. The zero-order valence-corrected chi connectivity index (χ0v) is 11.4. The van der Waals surface area contributed by atoms with Crippen LogP contribution >= 0.6 is 0 Å². The Balaban J connectivity index is 3.26. The molecular weight excluding hydrogens is 264 g/mol. The molecule has 0 fully saturated rings. The van der Waals surface area contributed by atoms with Crippen molar-refractivity contribution >= 4 is 17.3 Å². The molecule has 0 aliphatic carbocycles. The summed E-state index contributed by atoms with van der Waals surface area (Å²) < 4.78 is 0. The second kappa shape index (κ2) is 6.85. The van der Waals surface area contributed by atoms with Gasteiger partial charge in [0.25, 0.3) is 5.69 Å². The number of aromatic carboxylic acids is 1. The second-order valence-electron chi connectivity index (χ2n) is 4.63. The molecule has 7 nitrogen and oxygen atoms in total. The molecule has 1 aromatic rings. The Kier molecular flexibility index (Phi) is 5.45. The number of benzene rings is 1. The molecule has 1 rings (SSSR count). The second-order valence-corrected chi connectivity index (χ2v) is 4.63. The summed E-state index contributed by atoms with van der Waals surface area (Å²) in [5.74, 6) is -1.21. The van der Waals surface area contributed by atoms with Crippen LogP contribution < -0.4 is 4.90 Å². The van der Waals surface area contributed by atoms with Gasteiger partial charge in [0.05, 0.1) is 16.2 Å². The minimum Gasteiger partial charge on any atom is -0.478 e. The van der Waals surface area contributed by atoms with Gasteiger partial charge in [0, 0.05) is 31.3 Å². The third-order valence-electron chi connectivity index (χ3n) is 2.91. The standard InChI is InChI=1S/C13H18N2O5/c1-9(2)14(6-3-7-16)12-5-4-10(15(19)20)8-11(12)13(17)18/h4-5,8-9,16H,3,6-7H2,1-2H3,(H,17,18). The van der Waals surface area contributed by atoms with Gasteiger partial charge in [-0.05, 0) is 26.3 Å². The maximum absolute atomic E-state index is 11.3. The number of nitro groups is 1.